The van der Waals surface area contributed by atoms with Crippen LogP contribution in [0.4, 0.5) is 0 Å². The van der Waals surface area contributed by atoms with E-state index < -0.39 is 0 Å². The summed E-state index contributed by atoms with van der Waals surface area (Å²) in [6.07, 6.45) is 1.91. The summed E-state index contributed by atoms with van der Waals surface area (Å²) >= 11 is 0. The summed E-state index contributed by atoms with van der Waals surface area (Å²) in [6.45, 7) is 7.35. The van der Waals surface area contributed by atoms with Crippen molar-refractivity contribution in [3.8, 4) is 0 Å². The summed E-state index contributed by atoms with van der Waals surface area (Å²) in [7, 11) is 0. The van der Waals surface area contributed by atoms with Crippen LogP contribution in [0.15, 0.2) is 12.1 Å². The zero-order chi connectivity index (χ0) is 13.3. The van der Waals surface area contributed by atoms with Crippen molar-refractivity contribution >= 4 is 5.91 Å². The zero-order valence-corrected chi connectivity index (χ0v) is 11.5. The van der Waals surface area contributed by atoms with Crippen molar-refractivity contribution < 1.29 is 4.79 Å². The van der Waals surface area contributed by atoms with Crippen LogP contribution in [-0.2, 0) is 10.2 Å². The van der Waals surface area contributed by atoms with Crippen molar-refractivity contribution in [1.29, 1.82) is 0 Å². The molecule has 3 heteroatoms. The molecule has 1 saturated carbocycles. The van der Waals surface area contributed by atoms with Crippen molar-refractivity contribution in [2.45, 2.75) is 39.0 Å². The minimum Gasteiger partial charge on any atom is -0.354 e. The third-order valence-corrected chi connectivity index (χ3v) is 3.77. The molecule has 0 spiro atoms. The Morgan fingerprint density at radius 1 is 1.28 bits per heavy atom. The van der Waals surface area contributed by atoms with Gasteiger partial charge in [-0.05, 0) is 50.3 Å². The summed E-state index contributed by atoms with van der Waals surface area (Å²) in [5.41, 5.74) is 10.1. The molecule has 18 heavy (non-hydrogen) atoms. The zero-order valence-electron chi connectivity index (χ0n) is 11.5. The van der Waals surface area contributed by atoms with Gasteiger partial charge < -0.3 is 11.1 Å². The second-order valence-corrected chi connectivity index (χ2v) is 5.40. The first kappa shape index (κ1) is 13.1. The van der Waals surface area contributed by atoms with Crippen LogP contribution >= 0.6 is 0 Å². The minimum atomic E-state index is -0.281. The highest BCUT2D eigenvalue weighted by atomic mass is 16.2. The highest BCUT2D eigenvalue weighted by molar-refractivity contribution is 5.92. The Morgan fingerprint density at radius 2 is 1.83 bits per heavy atom. The van der Waals surface area contributed by atoms with Crippen LogP contribution < -0.4 is 11.1 Å². The smallest absolute Gasteiger partial charge is 0.230 e. The number of hydrogen-bond donors (Lipinski definition) is 2. The molecule has 0 atom stereocenters. The molecule has 0 bridgehead atoms. The molecule has 0 saturated heterocycles. The van der Waals surface area contributed by atoms with Crippen LogP contribution in [0.1, 0.15) is 35.1 Å². The number of amides is 1. The molecule has 0 radical (unpaired) electrons. The van der Waals surface area contributed by atoms with Crippen molar-refractivity contribution in [2.24, 2.45) is 5.73 Å². The molecule has 1 aliphatic rings. The molecular weight excluding hydrogens is 224 g/mol. The van der Waals surface area contributed by atoms with Gasteiger partial charge in [0.15, 0.2) is 0 Å². The molecule has 3 N–H and O–H groups in total. The van der Waals surface area contributed by atoms with E-state index in [0.29, 0.717) is 13.1 Å². The predicted octanol–water partition coefficient (Wildman–Crippen LogP) is 1.72. The normalized spacial score (nSPS) is 16.4. The van der Waals surface area contributed by atoms with Crippen LogP contribution in [0.2, 0.25) is 0 Å². The Bertz CT molecular complexity index is 452. The van der Waals surface area contributed by atoms with E-state index in [0.717, 1.165) is 12.8 Å². The molecule has 0 aliphatic heterocycles. The first-order valence-corrected chi connectivity index (χ1v) is 6.58. The summed E-state index contributed by atoms with van der Waals surface area (Å²) in [5, 5.41) is 2.94. The summed E-state index contributed by atoms with van der Waals surface area (Å²) < 4.78 is 0. The van der Waals surface area contributed by atoms with E-state index in [1.54, 1.807) is 0 Å². The van der Waals surface area contributed by atoms with Gasteiger partial charge in [-0.15, -0.1) is 0 Å². The number of hydrogen-bond acceptors (Lipinski definition) is 2. The number of carbonyl (C=O) groups excluding carboxylic acids is 1. The first-order chi connectivity index (χ1) is 8.51. The maximum atomic E-state index is 12.3. The van der Waals surface area contributed by atoms with E-state index in [2.05, 4.69) is 38.2 Å². The van der Waals surface area contributed by atoms with Crippen molar-refractivity contribution in [3.05, 3.63) is 34.4 Å². The lowest BCUT2D eigenvalue weighted by molar-refractivity contribution is -0.123. The number of carbonyl (C=O) groups is 1. The number of rotatable bonds is 4. The maximum Gasteiger partial charge on any atom is 0.230 e. The monoisotopic (exact) mass is 246 g/mol. The summed E-state index contributed by atoms with van der Waals surface area (Å²) in [4.78, 5) is 12.3. The van der Waals surface area contributed by atoms with Gasteiger partial charge in [0.2, 0.25) is 5.91 Å². The van der Waals surface area contributed by atoms with Crippen molar-refractivity contribution in [3.63, 3.8) is 0 Å². The summed E-state index contributed by atoms with van der Waals surface area (Å²) in [5.74, 6) is 0.142. The Kier molecular flexibility index (Phi) is 3.44. The lowest BCUT2D eigenvalue weighted by Crippen LogP contribution is -2.38. The van der Waals surface area contributed by atoms with Gasteiger partial charge in [-0.3, -0.25) is 4.79 Å². The maximum absolute atomic E-state index is 12.3. The molecule has 1 aromatic rings. The first-order valence-electron chi connectivity index (χ1n) is 6.58. The van der Waals surface area contributed by atoms with Crippen LogP contribution in [-0.4, -0.2) is 19.0 Å². The average molecular weight is 246 g/mol. The molecule has 0 aromatic heterocycles. The third kappa shape index (κ3) is 2.15. The average Bonchev–Trinajstić information content (AvgIpc) is 3.06. The molecule has 1 aromatic carbocycles. The summed E-state index contributed by atoms with van der Waals surface area (Å²) in [6, 6.07) is 4.33. The Hall–Kier alpha value is -1.35. The SMILES string of the molecule is Cc1cc(C)c(C2(C(=O)NCCN)CC2)c(C)c1. The van der Waals surface area contributed by atoms with E-state index in [9.17, 15) is 4.79 Å². The molecule has 0 unspecified atom stereocenters. The molecule has 2 rings (SSSR count). The highest BCUT2D eigenvalue weighted by Gasteiger charge is 2.52. The molecule has 98 valence electrons. The van der Waals surface area contributed by atoms with Gasteiger partial charge >= 0.3 is 0 Å². The van der Waals surface area contributed by atoms with E-state index >= 15 is 0 Å². The van der Waals surface area contributed by atoms with E-state index in [-0.39, 0.29) is 11.3 Å². The van der Waals surface area contributed by atoms with E-state index in [4.69, 9.17) is 5.73 Å². The van der Waals surface area contributed by atoms with Gasteiger partial charge in [0.05, 0.1) is 5.41 Å². The lowest BCUT2D eigenvalue weighted by atomic mass is 9.86. The second-order valence-electron chi connectivity index (χ2n) is 5.40. The van der Waals surface area contributed by atoms with Crippen LogP contribution in [0.5, 0.6) is 0 Å². The van der Waals surface area contributed by atoms with E-state index in [1.165, 1.54) is 22.3 Å². The number of nitrogens with two attached hydrogens (primary N) is 1. The van der Waals surface area contributed by atoms with Crippen LogP contribution in [0.3, 0.4) is 0 Å². The second kappa shape index (κ2) is 4.73. The third-order valence-electron chi connectivity index (χ3n) is 3.77. The van der Waals surface area contributed by atoms with E-state index in [1.807, 2.05) is 0 Å². The quantitative estimate of drug-likeness (QED) is 0.850. The Labute approximate surface area is 109 Å². The Balaban J connectivity index is 2.34. The van der Waals surface area contributed by atoms with Gasteiger partial charge in [-0.1, -0.05) is 17.7 Å². The topological polar surface area (TPSA) is 55.1 Å². The van der Waals surface area contributed by atoms with Gasteiger partial charge in [-0.25, -0.2) is 0 Å². The standard InChI is InChI=1S/C15H22N2O/c1-10-8-11(2)13(12(3)9-10)15(4-5-15)14(18)17-7-6-16/h8-9H,4-7,16H2,1-3H3,(H,17,18). The molecule has 0 heterocycles. The van der Waals surface area contributed by atoms with Crippen molar-refractivity contribution in [2.75, 3.05) is 13.1 Å². The highest BCUT2D eigenvalue weighted by Crippen LogP contribution is 2.50. The van der Waals surface area contributed by atoms with Crippen molar-refractivity contribution in [1.82, 2.24) is 5.32 Å². The largest absolute Gasteiger partial charge is 0.354 e. The molecule has 1 fully saturated rings. The van der Waals surface area contributed by atoms with Gasteiger partial charge in [-0.2, -0.15) is 0 Å². The fourth-order valence-corrected chi connectivity index (χ4v) is 3.01. The Morgan fingerprint density at radius 3 is 2.28 bits per heavy atom. The predicted molar refractivity (Wildman–Crippen MR) is 73.6 cm³/mol. The van der Waals surface area contributed by atoms with Crippen LogP contribution in [0, 0.1) is 20.8 Å². The van der Waals surface area contributed by atoms with Gasteiger partial charge in [0, 0.05) is 13.1 Å². The molecular formula is C15H22N2O. The number of aryl methyl sites for hydroxylation is 3. The lowest BCUT2D eigenvalue weighted by Gasteiger charge is -2.21. The van der Waals surface area contributed by atoms with Crippen LogP contribution in [0.25, 0.3) is 0 Å². The van der Waals surface area contributed by atoms with Gasteiger partial charge in [0.1, 0.15) is 0 Å². The molecule has 1 aliphatic carbocycles. The number of benzene rings is 1. The molecule has 1 amide bonds. The molecule has 3 nitrogen and oxygen atoms in total. The fraction of sp³-hybridized carbons (Fsp3) is 0.533. The minimum absolute atomic E-state index is 0.142. The number of nitrogens with one attached hydrogen (secondary N) is 1. The fourth-order valence-electron chi connectivity index (χ4n) is 3.01. The van der Waals surface area contributed by atoms with Gasteiger partial charge in [0.25, 0.3) is 0 Å².